The fraction of sp³-hybridized carbons (Fsp3) is 0.156. The molecule has 1 atom stereocenters. The van der Waals surface area contributed by atoms with Crippen molar-refractivity contribution >= 4 is 23.5 Å². The molecule has 4 aromatic rings. The van der Waals surface area contributed by atoms with E-state index >= 15 is 0 Å². The lowest BCUT2D eigenvalue weighted by Gasteiger charge is -2.17. The van der Waals surface area contributed by atoms with Gasteiger partial charge < -0.3 is 20.5 Å². The Bertz CT molecular complexity index is 1470. The average Bonchev–Trinajstić information content (AvgIpc) is 2.99. The number of ether oxygens (including phenoxy) is 2. The van der Waals surface area contributed by atoms with Crippen molar-refractivity contribution in [3.63, 3.8) is 0 Å². The van der Waals surface area contributed by atoms with Crippen LogP contribution in [0.4, 0.5) is 18.9 Å². The van der Waals surface area contributed by atoms with Gasteiger partial charge in [-0.3, -0.25) is 4.79 Å². The number of halogens is 3. The van der Waals surface area contributed by atoms with Crippen LogP contribution in [0.2, 0.25) is 0 Å². The Hall–Kier alpha value is -4.96. The minimum absolute atomic E-state index is 0.0142. The summed E-state index contributed by atoms with van der Waals surface area (Å²) >= 11 is 0. The van der Waals surface area contributed by atoms with Crippen molar-refractivity contribution in [1.82, 2.24) is 0 Å². The number of esters is 2. The van der Waals surface area contributed by atoms with Gasteiger partial charge in [0.05, 0.1) is 22.7 Å². The summed E-state index contributed by atoms with van der Waals surface area (Å²) in [5.74, 6) is -2.35. The molecule has 0 aliphatic rings. The van der Waals surface area contributed by atoms with E-state index in [1.807, 2.05) is 12.1 Å². The Kier molecular flexibility index (Phi) is 9.72. The maximum Gasteiger partial charge on any atom is 0.416 e. The number of rotatable bonds is 10. The van der Waals surface area contributed by atoms with Crippen molar-refractivity contribution in [3.8, 4) is 0 Å². The first-order valence-corrected chi connectivity index (χ1v) is 12.9. The molecule has 0 radical (unpaired) electrons. The first-order chi connectivity index (χ1) is 20.1. The fourth-order valence-corrected chi connectivity index (χ4v) is 4.09. The highest BCUT2D eigenvalue weighted by Crippen LogP contribution is 2.32. The molecule has 0 saturated carbocycles. The second-order valence-electron chi connectivity index (χ2n) is 9.38. The first kappa shape index (κ1) is 30.0. The summed E-state index contributed by atoms with van der Waals surface area (Å²) in [6, 6.07) is 25.2. The quantitative estimate of drug-likeness (QED) is 0.227. The van der Waals surface area contributed by atoms with Gasteiger partial charge in [-0.1, -0.05) is 78.9 Å². The molecule has 42 heavy (non-hydrogen) atoms. The highest BCUT2D eigenvalue weighted by Gasteiger charge is 2.33. The zero-order valence-corrected chi connectivity index (χ0v) is 22.3. The third-order valence-electron chi connectivity index (χ3n) is 6.20. The molecule has 216 valence electrons. The van der Waals surface area contributed by atoms with Gasteiger partial charge in [-0.15, -0.1) is 0 Å². The predicted octanol–water partition coefficient (Wildman–Crippen LogP) is 5.93. The molecule has 0 fully saturated rings. The molecule has 0 saturated heterocycles. The Morgan fingerprint density at radius 2 is 1.19 bits per heavy atom. The molecule has 4 aromatic carbocycles. The Labute approximate surface area is 240 Å². The zero-order chi connectivity index (χ0) is 30.1. The van der Waals surface area contributed by atoms with Crippen molar-refractivity contribution in [2.24, 2.45) is 5.73 Å². The molecule has 7 nitrogen and oxygen atoms in total. The number of amides is 1. The van der Waals surface area contributed by atoms with E-state index in [1.54, 1.807) is 48.5 Å². The van der Waals surface area contributed by atoms with Crippen LogP contribution < -0.4 is 11.1 Å². The van der Waals surface area contributed by atoms with Gasteiger partial charge in [-0.05, 0) is 47.4 Å². The molecule has 1 amide bonds. The molecule has 10 heteroatoms. The number of nitrogens with two attached hydrogens (primary N) is 1. The molecular weight excluding hydrogens is 549 g/mol. The van der Waals surface area contributed by atoms with Crippen molar-refractivity contribution in [1.29, 1.82) is 0 Å². The Balaban J connectivity index is 1.53. The molecule has 0 aliphatic carbocycles. The molecule has 0 spiro atoms. The van der Waals surface area contributed by atoms with Gasteiger partial charge >= 0.3 is 18.1 Å². The van der Waals surface area contributed by atoms with Crippen LogP contribution in [0.15, 0.2) is 103 Å². The van der Waals surface area contributed by atoms with Crippen LogP contribution in [0.1, 0.15) is 43.0 Å². The third kappa shape index (κ3) is 8.28. The van der Waals surface area contributed by atoms with E-state index in [2.05, 4.69) is 5.32 Å². The number of alkyl halides is 3. The normalized spacial score (nSPS) is 11.8. The van der Waals surface area contributed by atoms with Crippen LogP contribution in [0.3, 0.4) is 0 Å². The van der Waals surface area contributed by atoms with Crippen LogP contribution in [0, 0.1) is 0 Å². The van der Waals surface area contributed by atoms with Gasteiger partial charge in [0.25, 0.3) is 0 Å². The van der Waals surface area contributed by atoms with E-state index in [9.17, 15) is 27.6 Å². The minimum atomic E-state index is -4.61. The summed E-state index contributed by atoms with van der Waals surface area (Å²) in [5, 5.41) is 2.50. The van der Waals surface area contributed by atoms with E-state index in [0.29, 0.717) is 0 Å². The van der Waals surface area contributed by atoms with Crippen molar-refractivity contribution in [3.05, 3.63) is 137 Å². The van der Waals surface area contributed by atoms with Gasteiger partial charge in [-0.25, -0.2) is 9.59 Å². The minimum Gasteiger partial charge on any atom is -0.457 e. The van der Waals surface area contributed by atoms with Crippen molar-refractivity contribution < 1.29 is 37.0 Å². The predicted molar refractivity (Wildman–Crippen MR) is 149 cm³/mol. The standard InChI is InChI=1S/C32H27F3N2O5/c33-32(34,35)27-14-8-7-13-23(27)18-28(36)29(38)37-26-16-24(30(39)41-19-21-9-3-1-4-10-21)15-25(17-26)31(40)42-20-22-11-5-2-6-12-22/h1-17,28H,18-20,36H2,(H,37,38)/t28-/m0/s1. The maximum absolute atomic E-state index is 13.4. The molecule has 0 aliphatic heterocycles. The average molecular weight is 577 g/mol. The maximum atomic E-state index is 13.4. The summed E-state index contributed by atoms with van der Waals surface area (Å²) in [6.45, 7) is -0.0684. The molecule has 3 N–H and O–H groups in total. The fourth-order valence-electron chi connectivity index (χ4n) is 4.09. The lowest BCUT2D eigenvalue weighted by atomic mass is 9.99. The number of nitrogens with one attached hydrogen (secondary N) is 1. The monoisotopic (exact) mass is 576 g/mol. The highest BCUT2D eigenvalue weighted by molar-refractivity contribution is 6.00. The number of hydrogen-bond acceptors (Lipinski definition) is 6. The van der Waals surface area contributed by atoms with Crippen LogP contribution in [0.25, 0.3) is 0 Å². The number of hydrogen-bond donors (Lipinski definition) is 2. The Morgan fingerprint density at radius 3 is 1.69 bits per heavy atom. The summed E-state index contributed by atoms with van der Waals surface area (Å²) in [4.78, 5) is 38.7. The van der Waals surface area contributed by atoms with E-state index < -0.39 is 42.0 Å². The summed E-state index contributed by atoms with van der Waals surface area (Å²) in [6.07, 6.45) is -5.01. The van der Waals surface area contributed by atoms with Gasteiger partial charge in [0.15, 0.2) is 0 Å². The van der Waals surface area contributed by atoms with Crippen LogP contribution in [0.5, 0.6) is 0 Å². The largest absolute Gasteiger partial charge is 0.457 e. The number of anilines is 1. The summed E-state index contributed by atoms with van der Waals surface area (Å²) in [5.41, 5.74) is 6.33. The highest BCUT2D eigenvalue weighted by atomic mass is 19.4. The number of carbonyl (C=O) groups excluding carboxylic acids is 3. The molecule has 4 rings (SSSR count). The molecule has 0 bridgehead atoms. The topological polar surface area (TPSA) is 108 Å². The SMILES string of the molecule is N[C@@H](Cc1ccccc1C(F)(F)F)C(=O)Nc1cc(C(=O)OCc2ccccc2)cc(C(=O)OCc2ccccc2)c1. The van der Waals surface area contributed by atoms with Crippen LogP contribution in [-0.4, -0.2) is 23.9 Å². The van der Waals surface area contributed by atoms with Gasteiger partial charge in [0.1, 0.15) is 13.2 Å². The number of benzene rings is 4. The number of carbonyl (C=O) groups is 3. The van der Waals surface area contributed by atoms with Crippen molar-refractivity contribution in [2.75, 3.05) is 5.32 Å². The summed E-state index contributed by atoms with van der Waals surface area (Å²) < 4.78 is 51.0. The van der Waals surface area contributed by atoms with Crippen LogP contribution >= 0.6 is 0 Å². The van der Waals surface area contributed by atoms with Gasteiger partial charge in [0.2, 0.25) is 5.91 Å². The van der Waals surface area contributed by atoms with Crippen molar-refractivity contribution in [2.45, 2.75) is 31.9 Å². The first-order valence-electron chi connectivity index (χ1n) is 12.9. The third-order valence-corrected chi connectivity index (χ3v) is 6.20. The van der Waals surface area contributed by atoms with Gasteiger partial charge in [0, 0.05) is 5.69 Å². The molecule has 0 heterocycles. The molecule has 0 aromatic heterocycles. The van der Waals surface area contributed by atoms with Crippen LogP contribution in [-0.2, 0) is 40.1 Å². The lowest BCUT2D eigenvalue weighted by Crippen LogP contribution is -2.38. The molecular formula is C32H27F3N2O5. The second-order valence-corrected chi connectivity index (χ2v) is 9.38. The van der Waals surface area contributed by atoms with E-state index in [1.165, 1.54) is 36.4 Å². The smallest absolute Gasteiger partial charge is 0.416 e. The van der Waals surface area contributed by atoms with E-state index in [0.717, 1.165) is 17.2 Å². The second kappa shape index (κ2) is 13.6. The zero-order valence-electron chi connectivity index (χ0n) is 22.3. The van der Waals surface area contributed by atoms with Gasteiger partial charge in [-0.2, -0.15) is 13.2 Å². The van der Waals surface area contributed by atoms with E-state index in [4.69, 9.17) is 15.2 Å². The Morgan fingerprint density at radius 1 is 0.714 bits per heavy atom. The molecule has 0 unspecified atom stereocenters. The summed E-state index contributed by atoms with van der Waals surface area (Å²) in [7, 11) is 0. The van der Waals surface area contributed by atoms with E-state index in [-0.39, 0.29) is 35.6 Å². The lowest BCUT2D eigenvalue weighted by molar-refractivity contribution is -0.138.